The first kappa shape index (κ1) is 25.8. The standard InChI is InChI=1S/C27H33N3O5/c1-4-5-9-17-35-24-14-12-21(19-25(24)33-3)20(2)28-27(32)23-13-15-26(31)30(29-23)16-18-34-22-10-7-6-8-11-22/h6-8,10-15,19-20H,4-5,9,16-18H2,1-3H3,(H,28,32). The molecule has 8 heteroatoms. The third-order valence-electron chi connectivity index (χ3n) is 5.46. The molecule has 1 N–H and O–H groups in total. The van der Waals surface area contributed by atoms with Crippen LogP contribution in [0.4, 0.5) is 0 Å². The van der Waals surface area contributed by atoms with Crippen molar-refractivity contribution in [2.75, 3.05) is 20.3 Å². The predicted octanol–water partition coefficient (Wildman–Crippen LogP) is 4.39. The second-order valence-corrected chi connectivity index (χ2v) is 8.10. The first-order valence-corrected chi connectivity index (χ1v) is 11.9. The SMILES string of the molecule is CCCCCOc1ccc(C(C)NC(=O)c2ccc(=O)n(CCOc3ccccc3)n2)cc1OC. The van der Waals surface area contributed by atoms with E-state index < -0.39 is 0 Å². The number of nitrogens with zero attached hydrogens (tertiary/aromatic N) is 2. The van der Waals surface area contributed by atoms with Crippen molar-refractivity contribution in [3.8, 4) is 17.2 Å². The fourth-order valence-electron chi connectivity index (χ4n) is 3.46. The summed E-state index contributed by atoms with van der Waals surface area (Å²) in [4.78, 5) is 25.0. The number of ether oxygens (including phenoxy) is 3. The summed E-state index contributed by atoms with van der Waals surface area (Å²) in [6.45, 7) is 5.13. The van der Waals surface area contributed by atoms with E-state index >= 15 is 0 Å². The highest BCUT2D eigenvalue weighted by atomic mass is 16.5. The summed E-state index contributed by atoms with van der Waals surface area (Å²) in [6.07, 6.45) is 3.23. The molecule has 0 radical (unpaired) electrons. The predicted molar refractivity (Wildman–Crippen MR) is 134 cm³/mol. The highest BCUT2D eigenvalue weighted by Gasteiger charge is 2.16. The number of carbonyl (C=O) groups excluding carboxylic acids is 1. The number of para-hydroxylation sites is 1. The molecule has 0 saturated carbocycles. The van der Waals surface area contributed by atoms with E-state index in [-0.39, 0.29) is 36.4 Å². The van der Waals surface area contributed by atoms with Crippen molar-refractivity contribution in [2.45, 2.75) is 45.7 Å². The minimum atomic E-state index is -0.380. The number of aromatic nitrogens is 2. The van der Waals surface area contributed by atoms with Gasteiger partial charge in [-0.25, -0.2) is 4.68 Å². The van der Waals surface area contributed by atoms with E-state index in [9.17, 15) is 9.59 Å². The summed E-state index contributed by atoms with van der Waals surface area (Å²) >= 11 is 0. The largest absolute Gasteiger partial charge is 0.493 e. The third-order valence-corrected chi connectivity index (χ3v) is 5.46. The number of hydrogen-bond acceptors (Lipinski definition) is 6. The molecule has 1 heterocycles. The quantitative estimate of drug-likeness (QED) is 0.366. The number of amides is 1. The Morgan fingerprint density at radius 2 is 1.80 bits per heavy atom. The monoisotopic (exact) mass is 479 g/mol. The smallest absolute Gasteiger partial charge is 0.272 e. The van der Waals surface area contributed by atoms with Crippen LogP contribution in [0.15, 0.2) is 65.5 Å². The van der Waals surface area contributed by atoms with E-state index in [1.54, 1.807) is 7.11 Å². The van der Waals surface area contributed by atoms with Crippen LogP contribution in [0.3, 0.4) is 0 Å². The van der Waals surface area contributed by atoms with Crippen molar-refractivity contribution in [1.82, 2.24) is 15.1 Å². The van der Waals surface area contributed by atoms with Gasteiger partial charge in [0.05, 0.1) is 26.3 Å². The fourth-order valence-corrected chi connectivity index (χ4v) is 3.46. The molecule has 1 atom stereocenters. The Balaban J connectivity index is 1.61. The van der Waals surface area contributed by atoms with Gasteiger partial charge in [0.2, 0.25) is 0 Å². The first-order valence-electron chi connectivity index (χ1n) is 11.9. The molecule has 1 unspecified atom stereocenters. The highest BCUT2D eigenvalue weighted by molar-refractivity contribution is 5.92. The maximum atomic E-state index is 12.8. The lowest BCUT2D eigenvalue weighted by Gasteiger charge is -2.17. The van der Waals surface area contributed by atoms with Crippen molar-refractivity contribution < 1.29 is 19.0 Å². The number of rotatable bonds is 13. The van der Waals surface area contributed by atoms with Crippen LogP contribution < -0.4 is 25.1 Å². The van der Waals surface area contributed by atoms with Crippen LogP contribution in [0, 0.1) is 0 Å². The van der Waals surface area contributed by atoms with Gasteiger partial charge in [0.1, 0.15) is 18.1 Å². The Morgan fingerprint density at radius 3 is 2.54 bits per heavy atom. The van der Waals surface area contributed by atoms with Gasteiger partial charge in [-0.05, 0) is 49.2 Å². The summed E-state index contributed by atoms with van der Waals surface area (Å²) in [6, 6.07) is 17.4. The summed E-state index contributed by atoms with van der Waals surface area (Å²) in [5.41, 5.74) is 0.713. The second-order valence-electron chi connectivity index (χ2n) is 8.10. The van der Waals surface area contributed by atoms with Crippen molar-refractivity contribution in [3.05, 3.63) is 82.3 Å². The topological polar surface area (TPSA) is 91.7 Å². The number of benzene rings is 2. The van der Waals surface area contributed by atoms with Crippen molar-refractivity contribution in [1.29, 1.82) is 0 Å². The molecular weight excluding hydrogens is 446 g/mol. The molecule has 1 aromatic heterocycles. The fraction of sp³-hybridized carbons (Fsp3) is 0.370. The van der Waals surface area contributed by atoms with Gasteiger partial charge < -0.3 is 19.5 Å². The van der Waals surface area contributed by atoms with E-state index in [2.05, 4.69) is 17.3 Å². The summed E-state index contributed by atoms with van der Waals surface area (Å²) in [7, 11) is 1.59. The first-order chi connectivity index (χ1) is 17.0. The molecule has 0 bridgehead atoms. The lowest BCUT2D eigenvalue weighted by Crippen LogP contribution is -2.32. The minimum Gasteiger partial charge on any atom is -0.493 e. The van der Waals surface area contributed by atoms with Gasteiger partial charge in [-0.1, -0.05) is 44.0 Å². The Morgan fingerprint density at radius 1 is 1.00 bits per heavy atom. The average molecular weight is 480 g/mol. The van der Waals surface area contributed by atoms with Crippen molar-refractivity contribution in [3.63, 3.8) is 0 Å². The highest BCUT2D eigenvalue weighted by Crippen LogP contribution is 2.30. The zero-order valence-electron chi connectivity index (χ0n) is 20.5. The number of carbonyl (C=O) groups is 1. The minimum absolute atomic E-state index is 0.152. The molecule has 3 rings (SSSR count). The molecule has 2 aromatic carbocycles. The van der Waals surface area contributed by atoms with Gasteiger partial charge in [0.25, 0.3) is 11.5 Å². The van der Waals surface area contributed by atoms with Gasteiger partial charge in [-0.2, -0.15) is 5.10 Å². The van der Waals surface area contributed by atoms with Gasteiger partial charge >= 0.3 is 0 Å². The molecule has 0 aliphatic carbocycles. The second kappa shape index (κ2) is 13.2. The molecule has 186 valence electrons. The maximum absolute atomic E-state index is 12.8. The van der Waals surface area contributed by atoms with E-state index in [0.29, 0.717) is 23.9 Å². The number of unbranched alkanes of at least 4 members (excludes halogenated alkanes) is 2. The average Bonchev–Trinajstić information content (AvgIpc) is 2.88. The molecule has 1 amide bonds. The molecule has 0 aliphatic rings. The van der Waals surface area contributed by atoms with Crippen LogP contribution in [0.25, 0.3) is 0 Å². The Labute approximate surface area is 205 Å². The van der Waals surface area contributed by atoms with Crippen LogP contribution in [0.1, 0.15) is 55.2 Å². The van der Waals surface area contributed by atoms with E-state index in [4.69, 9.17) is 14.2 Å². The van der Waals surface area contributed by atoms with E-state index in [1.165, 1.54) is 16.8 Å². The van der Waals surface area contributed by atoms with Gasteiger partial charge in [0, 0.05) is 6.07 Å². The molecule has 3 aromatic rings. The summed E-state index contributed by atoms with van der Waals surface area (Å²) in [5.74, 6) is 1.62. The van der Waals surface area contributed by atoms with Gasteiger partial charge in [-0.3, -0.25) is 9.59 Å². The lowest BCUT2D eigenvalue weighted by molar-refractivity contribution is 0.0931. The van der Waals surface area contributed by atoms with Crippen molar-refractivity contribution >= 4 is 5.91 Å². The van der Waals surface area contributed by atoms with Crippen LogP contribution in [0.5, 0.6) is 17.2 Å². The number of hydrogen-bond donors (Lipinski definition) is 1. The van der Waals surface area contributed by atoms with Crippen LogP contribution >= 0.6 is 0 Å². The van der Waals surface area contributed by atoms with Gasteiger partial charge in [-0.15, -0.1) is 0 Å². The Bertz CT molecular complexity index is 1150. The lowest BCUT2D eigenvalue weighted by atomic mass is 10.1. The zero-order chi connectivity index (χ0) is 25.0. The third kappa shape index (κ3) is 7.60. The zero-order valence-corrected chi connectivity index (χ0v) is 20.5. The molecule has 0 aliphatic heterocycles. The van der Waals surface area contributed by atoms with Crippen LogP contribution in [-0.4, -0.2) is 36.0 Å². The number of nitrogens with one attached hydrogen (secondary N) is 1. The van der Waals surface area contributed by atoms with E-state index in [1.807, 2.05) is 55.5 Å². The number of methoxy groups -OCH3 is 1. The molecular formula is C27H33N3O5. The summed E-state index contributed by atoms with van der Waals surface area (Å²) in [5, 5.41) is 7.14. The summed E-state index contributed by atoms with van der Waals surface area (Å²) < 4.78 is 18.2. The Kier molecular flexibility index (Phi) is 9.71. The molecule has 0 spiro atoms. The van der Waals surface area contributed by atoms with Crippen molar-refractivity contribution in [2.24, 2.45) is 0 Å². The molecule has 35 heavy (non-hydrogen) atoms. The molecule has 0 fully saturated rings. The normalized spacial score (nSPS) is 11.5. The Hall–Kier alpha value is -3.81. The molecule has 8 nitrogen and oxygen atoms in total. The van der Waals surface area contributed by atoms with Crippen LogP contribution in [-0.2, 0) is 6.54 Å². The van der Waals surface area contributed by atoms with Crippen LogP contribution in [0.2, 0.25) is 0 Å². The molecule has 0 saturated heterocycles. The van der Waals surface area contributed by atoms with E-state index in [0.717, 1.165) is 24.8 Å². The maximum Gasteiger partial charge on any atom is 0.272 e. The van der Waals surface area contributed by atoms with Gasteiger partial charge in [0.15, 0.2) is 11.5 Å².